The van der Waals surface area contributed by atoms with E-state index in [4.69, 9.17) is 4.42 Å². The van der Waals surface area contributed by atoms with Crippen molar-refractivity contribution in [1.82, 2.24) is 4.98 Å². The second kappa shape index (κ2) is 4.19. The van der Waals surface area contributed by atoms with Crippen LogP contribution < -0.4 is 0 Å². The van der Waals surface area contributed by atoms with Gasteiger partial charge < -0.3 is 9.15 Å². The summed E-state index contributed by atoms with van der Waals surface area (Å²) in [5, 5.41) is 0. The molecule has 0 radical (unpaired) electrons. The number of aliphatic imine (C=N–C) groups is 1. The number of isocyanates is 1. The molecule has 0 atom stereocenters. The van der Waals surface area contributed by atoms with Crippen LogP contribution in [-0.2, 0) is 9.53 Å². The fraction of sp³-hybridized carbons (Fsp3) is 0.182. The maximum absolute atomic E-state index is 11.4. The van der Waals surface area contributed by atoms with Crippen LogP contribution in [0, 0.1) is 6.92 Å². The zero-order chi connectivity index (χ0) is 12.4. The molecule has 0 saturated heterocycles. The lowest BCUT2D eigenvalue weighted by molar-refractivity contribution is 0.0601. The van der Waals surface area contributed by atoms with Gasteiger partial charge in [-0.2, -0.15) is 4.99 Å². The van der Waals surface area contributed by atoms with Crippen molar-refractivity contribution < 1.29 is 18.7 Å². The van der Waals surface area contributed by atoms with E-state index in [9.17, 15) is 9.59 Å². The van der Waals surface area contributed by atoms with Crippen LogP contribution in [0.2, 0.25) is 0 Å². The van der Waals surface area contributed by atoms with E-state index in [2.05, 4.69) is 14.7 Å². The lowest BCUT2D eigenvalue weighted by Crippen LogP contribution is -2.00. The van der Waals surface area contributed by atoms with Crippen molar-refractivity contribution in [2.75, 3.05) is 7.11 Å². The summed E-state index contributed by atoms with van der Waals surface area (Å²) < 4.78 is 9.87. The van der Waals surface area contributed by atoms with E-state index in [-0.39, 0.29) is 11.3 Å². The number of methoxy groups -OCH3 is 1. The Bertz CT molecular complexity index is 638. The van der Waals surface area contributed by atoms with Crippen LogP contribution in [0.25, 0.3) is 11.1 Å². The molecule has 2 rings (SSSR count). The number of esters is 1. The smallest absolute Gasteiger partial charge is 0.338 e. The van der Waals surface area contributed by atoms with Gasteiger partial charge in [0, 0.05) is 6.92 Å². The van der Waals surface area contributed by atoms with E-state index in [1.54, 1.807) is 6.92 Å². The lowest BCUT2D eigenvalue weighted by Gasteiger charge is -1.99. The molecule has 0 aliphatic carbocycles. The van der Waals surface area contributed by atoms with Gasteiger partial charge in [0.15, 0.2) is 11.5 Å². The van der Waals surface area contributed by atoms with Crippen LogP contribution in [0.3, 0.4) is 0 Å². The summed E-state index contributed by atoms with van der Waals surface area (Å²) in [4.78, 5) is 29.3. The molecular weight excluding hydrogens is 224 g/mol. The number of hydrogen-bond acceptors (Lipinski definition) is 6. The largest absolute Gasteiger partial charge is 0.465 e. The van der Waals surface area contributed by atoms with Gasteiger partial charge in [0.25, 0.3) is 0 Å². The van der Waals surface area contributed by atoms with Gasteiger partial charge in [-0.15, -0.1) is 0 Å². The average Bonchev–Trinajstić information content (AvgIpc) is 2.69. The molecule has 0 spiro atoms. The molecule has 1 aromatic carbocycles. The van der Waals surface area contributed by atoms with E-state index in [1.807, 2.05) is 0 Å². The molecule has 0 amide bonds. The normalized spacial score (nSPS) is 10.0. The number of carbonyl (C=O) groups excluding carboxylic acids is 2. The first-order valence-electron chi connectivity index (χ1n) is 4.73. The number of fused-ring (bicyclic) bond motifs is 1. The van der Waals surface area contributed by atoms with E-state index in [0.29, 0.717) is 17.0 Å². The van der Waals surface area contributed by atoms with Gasteiger partial charge in [-0.25, -0.2) is 14.6 Å². The first-order chi connectivity index (χ1) is 8.15. The Hall–Kier alpha value is -2.46. The molecule has 6 nitrogen and oxygen atoms in total. The highest BCUT2D eigenvalue weighted by Gasteiger charge is 2.14. The maximum Gasteiger partial charge on any atom is 0.338 e. The minimum atomic E-state index is -0.532. The van der Waals surface area contributed by atoms with Crippen molar-refractivity contribution >= 4 is 28.8 Å². The molecule has 0 fully saturated rings. The van der Waals surface area contributed by atoms with Gasteiger partial charge in [-0.3, -0.25) is 0 Å². The second-order valence-corrected chi connectivity index (χ2v) is 3.27. The molecule has 86 valence electrons. The highest BCUT2D eigenvalue weighted by Crippen LogP contribution is 2.28. The van der Waals surface area contributed by atoms with Crippen molar-refractivity contribution in [3.05, 3.63) is 23.6 Å². The monoisotopic (exact) mass is 232 g/mol. The maximum atomic E-state index is 11.4. The molecule has 17 heavy (non-hydrogen) atoms. The molecular formula is C11H8N2O4. The number of ether oxygens (including phenoxy) is 1. The van der Waals surface area contributed by atoms with Gasteiger partial charge in [0.2, 0.25) is 6.08 Å². The SMILES string of the molecule is COC(=O)c1cc(N=C=O)c2oc(C)nc2c1. The van der Waals surface area contributed by atoms with Crippen molar-refractivity contribution in [2.24, 2.45) is 4.99 Å². The molecule has 1 aromatic heterocycles. The quantitative estimate of drug-likeness (QED) is 0.448. The predicted molar refractivity (Wildman–Crippen MR) is 57.9 cm³/mol. The summed E-state index contributed by atoms with van der Waals surface area (Å²) in [6.07, 6.45) is 1.40. The lowest BCUT2D eigenvalue weighted by atomic mass is 10.2. The van der Waals surface area contributed by atoms with Gasteiger partial charge >= 0.3 is 5.97 Å². The van der Waals surface area contributed by atoms with Crippen molar-refractivity contribution in [2.45, 2.75) is 6.92 Å². The average molecular weight is 232 g/mol. The van der Waals surface area contributed by atoms with E-state index < -0.39 is 5.97 Å². The number of carbonyl (C=O) groups is 1. The molecule has 6 heteroatoms. The molecule has 0 N–H and O–H groups in total. The van der Waals surface area contributed by atoms with Crippen LogP contribution in [0.1, 0.15) is 16.2 Å². The predicted octanol–water partition coefficient (Wildman–Crippen LogP) is 1.89. The number of hydrogen-bond donors (Lipinski definition) is 0. The Labute approximate surface area is 95.9 Å². The minimum Gasteiger partial charge on any atom is -0.465 e. The molecule has 0 unspecified atom stereocenters. The molecule has 0 aliphatic heterocycles. The third-order valence-electron chi connectivity index (χ3n) is 2.16. The van der Waals surface area contributed by atoms with Crippen LogP contribution in [0.15, 0.2) is 21.5 Å². The van der Waals surface area contributed by atoms with Crippen LogP contribution in [0.4, 0.5) is 5.69 Å². The summed E-state index contributed by atoms with van der Waals surface area (Å²) in [5.41, 5.74) is 1.25. The summed E-state index contributed by atoms with van der Waals surface area (Å²) in [6.45, 7) is 1.66. The molecule has 0 aliphatic rings. The zero-order valence-electron chi connectivity index (χ0n) is 9.18. The third kappa shape index (κ3) is 1.93. The van der Waals surface area contributed by atoms with Gasteiger partial charge in [0.1, 0.15) is 11.2 Å². The fourth-order valence-corrected chi connectivity index (χ4v) is 1.49. The number of aromatic nitrogens is 1. The standard InChI is InChI=1S/C11H8N2O4/c1-6-13-9-4-7(11(15)16-2)3-8(12-5-14)10(9)17-6/h3-4H,1-2H3. The first kappa shape index (κ1) is 11.0. The van der Waals surface area contributed by atoms with Gasteiger partial charge in [-0.1, -0.05) is 0 Å². The Kier molecular flexibility index (Phi) is 2.72. The van der Waals surface area contributed by atoms with Crippen LogP contribution >= 0.6 is 0 Å². The summed E-state index contributed by atoms with van der Waals surface area (Å²) in [7, 11) is 1.27. The number of rotatable bonds is 2. The first-order valence-corrected chi connectivity index (χ1v) is 4.73. The highest BCUT2D eigenvalue weighted by molar-refractivity contribution is 5.97. The topological polar surface area (TPSA) is 81.8 Å². The van der Waals surface area contributed by atoms with Crippen LogP contribution in [-0.4, -0.2) is 24.1 Å². The third-order valence-corrected chi connectivity index (χ3v) is 2.16. The molecule has 1 heterocycles. The molecule has 0 saturated carbocycles. The number of oxazole rings is 1. The zero-order valence-corrected chi connectivity index (χ0v) is 9.18. The van der Waals surface area contributed by atoms with Crippen LogP contribution in [0.5, 0.6) is 0 Å². The Morgan fingerprint density at radius 2 is 2.29 bits per heavy atom. The highest BCUT2D eigenvalue weighted by atomic mass is 16.5. The Balaban J connectivity index is 2.74. The van der Waals surface area contributed by atoms with Crippen molar-refractivity contribution in [1.29, 1.82) is 0 Å². The van der Waals surface area contributed by atoms with E-state index >= 15 is 0 Å². The Morgan fingerprint density at radius 3 is 2.94 bits per heavy atom. The number of nitrogens with zero attached hydrogens (tertiary/aromatic N) is 2. The summed E-state index contributed by atoms with van der Waals surface area (Å²) in [6, 6.07) is 2.91. The summed E-state index contributed by atoms with van der Waals surface area (Å²) >= 11 is 0. The van der Waals surface area contributed by atoms with Crippen molar-refractivity contribution in [3.8, 4) is 0 Å². The second-order valence-electron chi connectivity index (χ2n) is 3.27. The fourth-order valence-electron chi connectivity index (χ4n) is 1.49. The van der Waals surface area contributed by atoms with Gasteiger partial charge in [-0.05, 0) is 12.1 Å². The molecule has 2 aromatic rings. The van der Waals surface area contributed by atoms with E-state index in [0.717, 1.165) is 0 Å². The molecule has 0 bridgehead atoms. The Morgan fingerprint density at radius 1 is 1.53 bits per heavy atom. The van der Waals surface area contributed by atoms with Gasteiger partial charge in [0.05, 0.1) is 12.7 Å². The summed E-state index contributed by atoms with van der Waals surface area (Å²) in [5.74, 6) is -0.112. The number of benzene rings is 1. The van der Waals surface area contributed by atoms with E-state index in [1.165, 1.54) is 25.3 Å². The minimum absolute atomic E-state index is 0.207. The number of aryl methyl sites for hydroxylation is 1. The van der Waals surface area contributed by atoms with Crippen molar-refractivity contribution in [3.63, 3.8) is 0 Å².